The second-order valence-electron chi connectivity index (χ2n) is 2.45. The third-order valence-electron chi connectivity index (χ3n) is 1.57. The van der Waals surface area contributed by atoms with Gasteiger partial charge in [0.1, 0.15) is 12.4 Å². The van der Waals surface area contributed by atoms with Crippen LogP contribution >= 0.6 is 0 Å². The smallest absolute Gasteiger partial charge is 0.142 e. The Morgan fingerprint density at radius 3 is 2.85 bits per heavy atom. The van der Waals surface area contributed by atoms with E-state index in [4.69, 9.17) is 11.0 Å². The first-order valence-electron chi connectivity index (χ1n) is 3.69. The first-order valence-corrected chi connectivity index (χ1v) is 3.69. The normalized spacial score (nSPS) is 9.77. The number of nitriles is 1. The van der Waals surface area contributed by atoms with Gasteiger partial charge in [0, 0.05) is 5.69 Å². The minimum Gasteiger partial charge on any atom is -0.398 e. The molecule has 1 aromatic rings. The van der Waals surface area contributed by atoms with Gasteiger partial charge >= 0.3 is 0 Å². The molecule has 0 bridgehead atoms. The van der Waals surface area contributed by atoms with E-state index in [-0.39, 0.29) is 0 Å². The van der Waals surface area contributed by atoms with E-state index in [2.05, 4.69) is 0 Å². The standard InChI is InChI=1S/C10H8N2O/c11-7-9-6-8(2-1-5-13)3-4-10(9)12/h1-6H,12H2. The highest BCUT2D eigenvalue weighted by molar-refractivity contribution is 5.74. The Bertz CT molecular complexity index is 388. The van der Waals surface area contributed by atoms with Crippen molar-refractivity contribution in [3.8, 4) is 6.07 Å². The molecule has 0 spiro atoms. The molecule has 0 heterocycles. The van der Waals surface area contributed by atoms with Gasteiger partial charge in [-0.1, -0.05) is 12.1 Å². The van der Waals surface area contributed by atoms with Gasteiger partial charge in [0.15, 0.2) is 0 Å². The summed E-state index contributed by atoms with van der Waals surface area (Å²) in [6, 6.07) is 6.99. The molecule has 1 rings (SSSR count). The number of carbonyl (C=O) groups is 1. The maximum atomic E-state index is 10.0. The second-order valence-corrected chi connectivity index (χ2v) is 2.45. The molecule has 0 aliphatic heterocycles. The number of anilines is 1. The number of aldehydes is 1. The number of carbonyl (C=O) groups excluding carboxylic acids is 1. The van der Waals surface area contributed by atoms with Crippen molar-refractivity contribution in [3.05, 3.63) is 35.4 Å². The Balaban J connectivity index is 3.08. The van der Waals surface area contributed by atoms with E-state index < -0.39 is 0 Å². The van der Waals surface area contributed by atoms with Gasteiger partial charge in [0.25, 0.3) is 0 Å². The number of rotatable bonds is 2. The van der Waals surface area contributed by atoms with Crippen LogP contribution in [0.15, 0.2) is 24.3 Å². The third kappa shape index (κ3) is 2.17. The zero-order valence-electron chi connectivity index (χ0n) is 6.90. The Kier molecular flexibility index (Phi) is 2.82. The van der Waals surface area contributed by atoms with Crippen LogP contribution in [-0.4, -0.2) is 6.29 Å². The van der Waals surface area contributed by atoms with Gasteiger partial charge in [-0.05, 0) is 23.8 Å². The largest absolute Gasteiger partial charge is 0.398 e. The van der Waals surface area contributed by atoms with Crippen molar-refractivity contribution in [2.45, 2.75) is 0 Å². The zero-order valence-corrected chi connectivity index (χ0v) is 6.90. The van der Waals surface area contributed by atoms with E-state index in [1.54, 1.807) is 24.3 Å². The van der Waals surface area contributed by atoms with Gasteiger partial charge in [0.2, 0.25) is 0 Å². The number of nitrogens with zero attached hydrogens (tertiary/aromatic N) is 1. The highest BCUT2D eigenvalue weighted by Crippen LogP contribution is 2.13. The average Bonchev–Trinajstić information content (AvgIpc) is 2.16. The topological polar surface area (TPSA) is 66.9 Å². The summed E-state index contributed by atoms with van der Waals surface area (Å²) in [6.45, 7) is 0. The lowest BCUT2D eigenvalue weighted by atomic mass is 10.1. The summed E-state index contributed by atoms with van der Waals surface area (Å²) >= 11 is 0. The van der Waals surface area contributed by atoms with Crippen LogP contribution in [0.3, 0.4) is 0 Å². The third-order valence-corrected chi connectivity index (χ3v) is 1.57. The van der Waals surface area contributed by atoms with E-state index >= 15 is 0 Å². The summed E-state index contributed by atoms with van der Waals surface area (Å²) in [4.78, 5) is 10.0. The molecule has 0 saturated carbocycles. The molecule has 1 aromatic carbocycles. The average molecular weight is 172 g/mol. The monoisotopic (exact) mass is 172 g/mol. The van der Waals surface area contributed by atoms with E-state index in [1.807, 2.05) is 6.07 Å². The summed E-state index contributed by atoms with van der Waals surface area (Å²) in [5, 5.41) is 8.64. The van der Waals surface area contributed by atoms with Crippen LogP contribution in [0.4, 0.5) is 5.69 Å². The van der Waals surface area contributed by atoms with Crippen molar-refractivity contribution in [2.24, 2.45) is 0 Å². The van der Waals surface area contributed by atoms with Crippen LogP contribution in [0.25, 0.3) is 6.08 Å². The van der Waals surface area contributed by atoms with Crippen molar-refractivity contribution in [2.75, 3.05) is 5.73 Å². The highest BCUT2D eigenvalue weighted by atomic mass is 16.1. The molecule has 0 aromatic heterocycles. The number of nitrogens with two attached hydrogens (primary N) is 1. The molecule has 0 unspecified atom stereocenters. The van der Waals surface area contributed by atoms with Crippen molar-refractivity contribution in [1.82, 2.24) is 0 Å². The summed E-state index contributed by atoms with van der Waals surface area (Å²) in [5.41, 5.74) is 7.18. The second kappa shape index (κ2) is 4.07. The Morgan fingerprint density at radius 2 is 2.23 bits per heavy atom. The Morgan fingerprint density at radius 1 is 1.46 bits per heavy atom. The fraction of sp³-hybridized carbons (Fsp3) is 0. The summed E-state index contributed by atoms with van der Waals surface area (Å²) < 4.78 is 0. The molecule has 0 aliphatic rings. The lowest BCUT2D eigenvalue weighted by molar-refractivity contribution is -0.104. The predicted octanol–water partition coefficient (Wildman–Crippen LogP) is 1.35. The number of benzene rings is 1. The summed E-state index contributed by atoms with van der Waals surface area (Å²) in [7, 11) is 0. The first-order chi connectivity index (χ1) is 6.27. The highest BCUT2D eigenvalue weighted by Gasteiger charge is 1.96. The Labute approximate surface area is 76.1 Å². The molecule has 0 radical (unpaired) electrons. The summed E-state index contributed by atoms with van der Waals surface area (Å²) in [5.74, 6) is 0. The quantitative estimate of drug-likeness (QED) is 0.416. The van der Waals surface area contributed by atoms with E-state index in [0.29, 0.717) is 17.5 Å². The molecule has 0 atom stereocenters. The van der Waals surface area contributed by atoms with Gasteiger partial charge in [-0.2, -0.15) is 5.26 Å². The van der Waals surface area contributed by atoms with E-state index in [1.165, 1.54) is 6.08 Å². The molecule has 3 heteroatoms. The molecular formula is C10H8N2O. The van der Waals surface area contributed by atoms with Gasteiger partial charge < -0.3 is 5.73 Å². The van der Waals surface area contributed by atoms with Crippen molar-refractivity contribution in [1.29, 1.82) is 5.26 Å². The molecule has 0 saturated heterocycles. The minimum absolute atomic E-state index is 0.424. The molecule has 3 nitrogen and oxygen atoms in total. The minimum atomic E-state index is 0.424. The van der Waals surface area contributed by atoms with Gasteiger partial charge in [-0.3, -0.25) is 4.79 Å². The lowest BCUT2D eigenvalue weighted by Crippen LogP contribution is -1.89. The predicted molar refractivity (Wildman–Crippen MR) is 50.7 cm³/mol. The number of allylic oxidation sites excluding steroid dienone is 1. The molecule has 64 valence electrons. The maximum absolute atomic E-state index is 10.0. The van der Waals surface area contributed by atoms with Crippen LogP contribution in [-0.2, 0) is 4.79 Å². The molecule has 2 N–H and O–H groups in total. The molecule has 13 heavy (non-hydrogen) atoms. The number of hydrogen-bond acceptors (Lipinski definition) is 3. The first kappa shape index (κ1) is 9.01. The Hall–Kier alpha value is -2.08. The van der Waals surface area contributed by atoms with Crippen molar-refractivity contribution < 1.29 is 4.79 Å². The van der Waals surface area contributed by atoms with Crippen LogP contribution in [0.1, 0.15) is 11.1 Å². The lowest BCUT2D eigenvalue weighted by Gasteiger charge is -1.97. The van der Waals surface area contributed by atoms with Crippen LogP contribution in [0.5, 0.6) is 0 Å². The van der Waals surface area contributed by atoms with E-state index in [0.717, 1.165) is 5.56 Å². The molecular weight excluding hydrogens is 164 g/mol. The van der Waals surface area contributed by atoms with Crippen LogP contribution < -0.4 is 5.73 Å². The van der Waals surface area contributed by atoms with Crippen molar-refractivity contribution >= 4 is 18.0 Å². The molecule has 0 aliphatic carbocycles. The number of nitrogen functional groups attached to an aromatic ring is 1. The van der Waals surface area contributed by atoms with E-state index in [9.17, 15) is 4.79 Å². The zero-order chi connectivity index (χ0) is 9.68. The van der Waals surface area contributed by atoms with Crippen LogP contribution in [0, 0.1) is 11.3 Å². The number of hydrogen-bond donors (Lipinski definition) is 1. The molecule has 0 amide bonds. The van der Waals surface area contributed by atoms with Crippen LogP contribution in [0.2, 0.25) is 0 Å². The summed E-state index contributed by atoms with van der Waals surface area (Å²) in [6.07, 6.45) is 3.67. The van der Waals surface area contributed by atoms with Gasteiger partial charge in [0.05, 0.1) is 5.56 Å². The molecule has 0 fully saturated rings. The SMILES string of the molecule is N#Cc1cc(C=CC=O)ccc1N. The van der Waals surface area contributed by atoms with Gasteiger partial charge in [-0.25, -0.2) is 0 Å². The maximum Gasteiger partial charge on any atom is 0.142 e. The van der Waals surface area contributed by atoms with Crippen molar-refractivity contribution in [3.63, 3.8) is 0 Å². The fourth-order valence-corrected chi connectivity index (χ4v) is 0.925. The van der Waals surface area contributed by atoms with Gasteiger partial charge in [-0.15, -0.1) is 0 Å². The fourth-order valence-electron chi connectivity index (χ4n) is 0.925.